The van der Waals surface area contributed by atoms with Crippen molar-refractivity contribution >= 4 is 28.9 Å². The molecule has 3 aromatic rings. The maximum atomic E-state index is 10.6. The first-order valence-corrected chi connectivity index (χ1v) is 6.84. The van der Waals surface area contributed by atoms with Crippen LogP contribution in [0.5, 0.6) is 0 Å². The van der Waals surface area contributed by atoms with Gasteiger partial charge < -0.3 is 4.42 Å². The molecule has 0 bridgehead atoms. The van der Waals surface area contributed by atoms with E-state index in [-0.39, 0.29) is 17.5 Å². The van der Waals surface area contributed by atoms with Crippen LogP contribution in [0.2, 0.25) is 10.0 Å². The van der Waals surface area contributed by atoms with Gasteiger partial charge in [0.15, 0.2) is 0 Å². The van der Waals surface area contributed by atoms with Crippen molar-refractivity contribution in [3.63, 3.8) is 0 Å². The monoisotopic (exact) mass is 335 g/mol. The van der Waals surface area contributed by atoms with Crippen LogP contribution in [0, 0.1) is 10.1 Å². The van der Waals surface area contributed by atoms with Crippen molar-refractivity contribution in [3.8, 4) is 22.9 Å². The Bertz CT molecular complexity index is 847. The van der Waals surface area contributed by atoms with E-state index in [1.165, 1.54) is 12.1 Å². The molecule has 8 heteroatoms. The lowest BCUT2D eigenvalue weighted by molar-refractivity contribution is -0.384. The fraction of sp³-hybridized carbons (Fsp3) is 0. The summed E-state index contributed by atoms with van der Waals surface area (Å²) in [6.45, 7) is 0. The van der Waals surface area contributed by atoms with Gasteiger partial charge in [0, 0.05) is 23.3 Å². The summed E-state index contributed by atoms with van der Waals surface area (Å²) < 4.78 is 5.56. The number of nitro groups is 1. The first-order valence-electron chi connectivity index (χ1n) is 6.08. The Morgan fingerprint density at radius 2 is 1.50 bits per heavy atom. The lowest BCUT2D eigenvalue weighted by atomic mass is 10.2. The van der Waals surface area contributed by atoms with Gasteiger partial charge in [-0.05, 0) is 30.3 Å². The van der Waals surface area contributed by atoms with Gasteiger partial charge in [0.2, 0.25) is 11.8 Å². The second-order valence-corrected chi connectivity index (χ2v) is 5.16. The first-order chi connectivity index (χ1) is 10.5. The molecule has 0 radical (unpaired) electrons. The van der Waals surface area contributed by atoms with Crippen LogP contribution in [-0.2, 0) is 0 Å². The third-order valence-electron chi connectivity index (χ3n) is 2.92. The number of hydrogen-bond acceptors (Lipinski definition) is 5. The van der Waals surface area contributed by atoms with Crippen molar-refractivity contribution in [2.45, 2.75) is 0 Å². The molecule has 0 fully saturated rings. The average Bonchev–Trinajstić information content (AvgIpc) is 3.00. The number of aromatic nitrogens is 2. The summed E-state index contributed by atoms with van der Waals surface area (Å²) in [7, 11) is 0. The maximum absolute atomic E-state index is 10.6. The van der Waals surface area contributed by atoms with E-state index in [1.807, 2.05) is 0 Å². The minimum Gasteiger partial charge on any atom is -0.416 e. The lowest BCUT2D eigenvalue weighted by Gasteiger charge is -1.98. The maximum Gasteiger partial charge on any atom is 0.269 e. The highest BCUT2D eigenvalue weighted by atomic mass is 35.5. The lowest BCUT2D eigenvalue weighted by Crippen LogP contribution is -1.87. The molecule has 0 saturated heterocycles. The van der Waals surface area contributed by atoms with Crippen LogP contribution in [0.4, 0.5) is 5.69 Å². The van der Waals surface area contributed by atoms with E-state index in [2.05, 4.69) is 10.2 Å². The summed E-state index contributed by atoms with van der Waals surface area (Å²) in [4.78, 5) is 10.2. The molecule has 0 aliphatic rings. The molecule has 0 spiro atoms. The number of nitrogens with zero attached hydrogens (tertiary/aromatic N) is 3. The largest absolute Gasteiger partial charge is 0.416 e. The molecule has 0 aliphatic heterocycles. The summed E-state index contributed by atoms with van der Waals surface area (Å²) in [5.74, 6) is 0.544. The normalized spacial score (nSPS) is 10.6. The SMILES string of the molecule is O=[N+]([O-])c1ccc(-c2nnc(-c3ccc(Cl)c(Cl)c3)o2)cc1. The van der Waals surface area contributed by atoms with Crippen LogP contribution in [-0.4, -0.2) is 15.1 Å². The van der Waals surface area contributed by atoms with E-state index in [0.29, 0.717) is 21.2 Å². The minimum atomic E-state index is -0.473. The number of rotatable bonds is 3. The van der Waals surface area contributed by atoms with Crippen LogP contribution < -0.4 is 0 Å². The predicted octanol–water partition coefficient (Wildman–Crippen LogP) is 4.62. The molecule has 22 heavy (non-hydrogen) atoms. The Balaban J connectivity index is 1.93. The van der Waals surface area contributed by atoms with Gasteiger partial charge in [0.05, 0.1) is 15.0 Å². The van der Waals surface area contributed by atoms with Crippen molar-refractivity contribution in [2.75, 3.05) is 0 Å². The predicted molar refractivity (Wildman–Crippen MR) is 81.8 cm³/mol. The Labute approximate surface area is 134 Å². The highest BCUT2D eigenvalue weighted by molar-refractivity contribution is 6.42. The van der Waals surface area contributed by atoms with E-state index < -0.39 is 4.92 Å². The molecule has 3 rings (SSSR count). The summed E-state index contributed by atoms with van der Waals surface area (Å²) in [6, 6.07) is 10.8. The Morgan fingerprint density at radius 3 is 2.09 bits per heavy atom. The van der Waals surface area contributed by atoms with Gasteiger partial charge in [-0.15, -0.1) is 10.2 Å². The summed E-state index contributed by atoms with van der Waals surface area (Å²) in [5, 5.41) is 19.3. The Morgan fingerprint density at radius 1 is 0.909 bits per heavy atom. The molecule has 0 N–H and O–H groups in total. The second kappa shape index (κ2) is 5.75. The molecular formula is C14H7Cl2N3O3. The standard InChI is InChI=1S/C14H7Cl2N3O3/c15-11-6-3-9(7-12(11)16)14-18-17-13(22-14)8-1-4-10(5-2-8)19(20)21/h1-7H. The summed E-state index contributed by atoms with van der Waals surface area (Å²) in [5.41, 5.74) is 1.22. The van der Waals surface area contributed by atoms with Crippen LogP contribution in [0.25, 0.3) is 22.9 Å². The molecule has 6 nitrogen and oxygen atoms in total. The van der Waals surface area contributed by atoms with Gasteiger partial charge in [0.25, 0.3) is 5.69 Å². The quantitative estimate of drug-likeness (QED) is 0.515. The highest BCUT2D eigenvalue weighted by Crippen LogP contribution is 2.29. The molecule has 2 aromatic carbocycles. The van der Waals surface area contributed by atoms with Crippen molar-refractivity contribution in [1.82, 2.24) is 10.2 Å². The number of nitro benzene ring substituents is 1. The Hall–Kier alpha value is -2.44. The van der Waals surface area contributed by atoms with Crippen LogP contribution >= 0.6 is 23.2 Å². The summed E-state index contributed by atoms with van der Waals surface area (Å²) in [6.07, 6.45) is 0. The van der Waals surface area contributed by atoms with E-state index >= 15 is 0 Å². The molecule has 1 aromatic heterocycles. The average molecular weight is 336 g/mol. The van der Waals surface area contributed by atoms with Gasteiger partial charge in [-0.2, -0.15) is 0 Å². The van der Waals surface area contributed by atoms with Gasteiger partial charge in [-0.25, -0.2) is 0 Å². The topological polar surface area (TPSA) is 82.1 Å². The second-order valence-electron chi connectivity index (χ2n) is 4.35. The third kappa shape index (κ3) is 2.79. The number of non-ortho nitro benzene ring substituents is 1. The zero-order valence-corrected chi connectivity index (χ0v) is 12.4. The third-order valence-corrected chi connectivity index (χ3v) is 3.66. The van der Waals surface area contributed by atoms with Crippen molar-refractivity contribution in [2.24, 2.45) is 0 Å². The van der Waals surface area contributed by atoms with E-state index in [9.17, 15) is 10.1 Å². The number of halogens is 2. The molecule has 0 unspecified atom stereocenters. The summed E-state index contributed by atoms with van der Waals surface area (Å²) >= 11 is 11.8. The van der Waals surface area contributed by atoms with E-state index in [1.54, 1.807) is 30.3 Å². The molecule has 1 heterocycles. The molecule has 110 valence electrons. The van der Waals surface area contributed by atoms with Crippen LogP contribution in [0.3, 0.4) is 0 Å². The van der Waals surface area contributed by atoms with Crippen molar-refractivity contribution < 1.29 is 9.34 Å². The number of hydrogen-bond donors (Lipinski definition) is 0. The van der Waals surface area contributed by atoms with Crippen LogP contribution in [0.1, 0.15) is 0 Å². The Kier molecular flexibility index (Phi) is 3.79. The fourth-order valence-corrected chi connectivity index (χ4v) is 2.11. The van der Waals surface area contributed by atoms with Gasteiger partial charge in [-0.1, -0.05) is 23.2 Å². The van der Waals surface area contributed by atoms with Gasteiger partial charge >= 0.3 is 0 Å². The molecule has 0 saturated carbocycles. The molecule has 0 atom stereocenters. The van der Waals surface area contributed by atoms with Gasteiger partial charge in [0.1, 0.15) is 0 Å². The zero-order valence-electron chi connectivity index (χ0n) is 10.9. The van der Waals surface area contributed by atoms with Gasteiger partial charge in [-0.3, -0.25) is 10.1 Å². The van der Waals surface area contributed by atoms with E-state index in [0.717, 1.165) is 0 Å². The molecule has 0 amide bonds. The highest BCUT2D eigenvalue weighted by Gasteiger charge is 2.13. The van der Waals surface area contributed by atoms with Crippen molar-refractivity contribution in [1.29, 1.82) is 0 Å². The molecule has 0 aliphatic carbocycles. The minimum absolute atomic E-state index is 0.00651. The fourth-order valence-electron chi connectivity index (χ4n) is 1.81. The first kappa shape index (κ1) is 14.5. The van der Waals surface area contributed by atoms with E-state index in [4.69, 9.17) is 27.6 Å². The van der Waals surface area contributed by atoms with Crippen molar-refractivity contribution in [3.05, 3.63) is 62.6 Å². The molecular weight excluding hydrogens is 329 g/mol. The number of benzene rings is 2. The zero-order chi connectivity index (χ0) is 15.7. The smallest absolute Gasteiger partial charge is 0.269 e. The van der Waals surface area contributed by atoms with Crippen LogP contribution in [0.15, 0.2) is 46.9 Å².